The molecule has 1 aromatic rings. The maximum Gasteiger partial charge on any atom is 0.261 e. The van der Waals surface area contributed by atoms with Gasteiger partial charge in [-0.15, -0.1) is 11.3 Å². The summed E-state index contributed by atoms with van der Waals surface area (Å²) in [6, 6.07) is 1.89. The van der Waals surface area contributed by atoms with Gasteiger partial charge in [0.15, 0.2) is 0 Å². The molecule has 1 amide bonds. The van der Waals surface area contributed by atoms with E-state index in [0.29, 0.717) is 30.6 Å². The Morgan fingerprint density at radius 1 is 1.52 bits per heavy atom. The van der Waals surface area contributed by atoms with Crippen LogP contribution in [0.2, 0.25) is 0 Å². The fourth-order valence-electron chi connectivity index (χ4n) is 1.73. The Morgan fingerprint density at radius 2 is 2.24 bits per heavy atom. The maximum atomic E-state index is 12.3. The number of nitrogens with two attached hydrogens (primary N) is 1. The highest BCUT2D eigenvalue weighted by atomic mass is 32.1. The zero-order valence-electron chi connectivity index (χ0n) is 13.2. The van der Waals surface area contributed by atoms with Crippen molar-refractivity contribution in [2.24, 2.45) is 11.7 Å². The van der Waals surface area contributed by atoms with Crippen molar-refractivity contribution >= 4 is 17.2 Å². The molecule has 1 unspecified atom stereocenters. The molecular formula is C16H24N2O2S. The molecule has 1 aromatic heterocycles. The molecule has 0 fully saturated rings. The number of nitrogens with one attached hydrogen (secondary N) is 1. The van der Waals surface area contributed by atoms with Gasteiger partial charge in [-0.2, -0.15) is 0 Å². The molecule has 0 spiro atoms. The molecule has 0 radical (unpaired) electrons. The Labute approximate surface area is 131 Å². The highest BCUT2D eigenvalue weighted by Crippen LogP contribution is 2.21. The third-order valence-electron chi connectivity index (χ3n) is 3.07. The third-order valence-corrected chi connectivity index (χ3v) is 4.22. The summed E-state index contributed by atoms with van der Waals surface area (Å²) in [6.07, 6.45) is 0. The van der Waals surface area contributed by atoms with Crippen LogP contribution in [0.5, 0.6) is 0 Å². The molecule has 0 aromatic carbocycles. The van der Waals surface area contributed by atoms with Crippen LogP contribution >= 0.6 is 11.3 Å². The lowest BCUT2D eigenvalue weighted by molar-refractivity contribution is 0.0809. The summed E-state index contributed by atoms with van der Waals surface area (Å²) in [5.74, 6) is 6.07. The highest BCUT2D eigenvalue weighted by Gasteiger charge is 2.19. The molecule has 0 saturated carbocycles. The van der Waals surface area contributed by atoms with Crippen LogP contribution in [0.3, 0.4) is 0 Å². The van der Waals surface area contributed by atoms with Crippen LogP contribution in [0.1, 0.15) is 40.9 Å². The van der Waals surface area contributed by atoms with E-state index in [0.717, 1.165) is 10.4 Å². The standard InChI is InChI=1S/C16H24N2O2S/c1-5-20-10-13(11(2)3)18-16(19)15-9-12(4)14(21-15)7-6-8-17/h9,11,13H,5,8,10,17H2,1-4H3,(H,18,19). The Morgan fingerprint density at radius 3 is 2.81 bits per heavy atom. The topological polar surface area (TPSA) is 64.3 Å². The minimum absolute atomic E-state index is 0.0124. The molecule has 0 aliphatic rings. The van der Waals surface area contributed by atoms with Crippen molar-refractivity contribution in [2.75, 3.05) is 19.8 Å². The molecule has 0 aliphatic heterocycles. The van der Waals surface area contributed by atoms with E-state index in [1.165, 1.54) is 11.3 Å². The van der Waals surface area contributed by atoms with Gasteiger partial charge in [-0.3, -0.25) is 4.79 Å². The average molecular weight is 308 g/mol. The first kappa shape index (κ1) is 17.7. The first-order valence-electron chi connectivity index (χ1n) is 7.17. The largest absolute Gasteiger partial charge is 0.380 e. The molecule has 4 nitrogen and oxygen atoms in total. The van der Waals surface area contributed by atoms with E-state index in [9.17, 15) is 4.79 Å². The van der Waals surface area contributed by atoms with Gasteiger partial charge in [0.05, 0.1) is 28.9 Å². The Kier molecular flexibility index (Phi) is 7.44. The molecule has 116 valence electrons. The van der Waals surface area contributed by atoms with Crippen molar-refractivity contribution in [1.82, 2.24) is 5.32 Å². The number of thiophene rings is 1. The smallest absolute Gasteiger partial charge is 0.261 e. The van der Waals surface area contributed by atoms with Crippen LogP contribution in [0.25, 0.3) is 0 Å². The van der Waals surface area contributed by atoms with Crippen LogP contribution in [0, 0.1) is 24.7 Å². The molecule has 3 N–H and O–H groups in total. The van der Waals surface area contributed by atoms with Crippen LogP contribution in [0.4, 0.5) is 0 Å². The number of aryl methyl sites for hydroxylation is 1. The lowest BCUT2D eigenvalue weighted by Crippen LogP contribution is -2.41. The minimum atomic E-state index is -0.0673. The van der Waals surface area contributed by atoms with E-state index in [1.807, 2.05) is 19.9 Å². The lowest BCUT2D eigenvalue weighted by Gasteiger charge is -2.21. The fourth-order valence-corrected chi connectivity index (χ4v) is 2.68. The summed E-state index contributed by atoms with van der Waals surface area (Å²) in [5.41, 5.74) is 6.39. The van der Waals surface area contributed by atoms with E-state index < -0.39 is 0 Å². The Hall–Kier alpha value is -1.35. The number of amides is 1. The summed E-state index contributed by atoms with van der Waals surface area (Å²) < 4.78 is 5.43. The highest BCUT2D eigenvalue weighted by molar-refractivity contribution is 7.14. The summed E-state index contributed by atoms with van der Waals surface area (Å²) in [7, 11) is 0. The van der Waals surface area contributed by atoms with Gasteiger partial charge in [0.25, 0.3) is 5.91 Å². The number of hydrogen-bond donors (Lipinski definition) is 2. The van der Waals surface area contributed by atoms with E-state index in [2.05, 4.69) is 31.0 Å². The second-order valence-corrected chi connectivity index (χ2v) is 6.16. The molecule has 5 heteroatoms. The average Bonchev–Trinajstić information content (AvgIpc) is 2.82. The van der Waals surface area contributed by atoms with Gasteiger partial charge in [-0.1, -0.05) is 25.7 Å². The number of carbonyl (C=O) groups excluding carboxylic acids is 1. The number of ether oxygens (including phenoxy) is 1. The van der Waals surface area contributed by atoms with Crippen molar-refractivity contribution in [3.8, 4) is 11.8 Å². The first-order chi connectivity index (χ1) is 9.99. The normalized spacial score (nSPS) is 11.9. The molecule has 0 saturated heterocycles. The number of rotatable bonds is 6. The Balaban J connectivity index is 2.78. The SMILES string of the molecule is CCOCC(NC(=O)c1cc(C)c(C#CCN)s1)C(C)C. The van der Waals surface area contributed by atoms with Crippen molar-refractivity contribution in [1.29, 1.82) is 0 Å². The van der Waals surface area contributed by atoms with Gasteiger partial charge >= 0.3 is 0 Å². The van der Waals surface area contributed by atoms with Crippen LogP contribution in [0.15, 0.2) is 6.07 Å². The fraction of sp³-hybridized carbons (Fsp3) is 0.562. The zero-order chi connectivity index (χ0) is 15.8. The van der Waals surface area contributed by atoms with Gasteiger partial charge in [0.1, 0.15) is 0 Å². The van der Waals surface area contributed by atoms with Crippen LogP contribution in [-0.4, -0.2) is 31.7 Å². The summed E-state index contributed by atoms with van der Waals surface area (Å²) in [4.78, 5) is 13.9. The third kappa shape index (κ3) is 5.50. The van der Waals surface area contributed by atoms with Gasteiger partial charge in [0, 0.05) is 6.61 Å². The maximum absolute atomic E-state index is 12.3. The van der Waals surface area contributed by atoms with Crippen LogP contribution in [-0.2, 0) is 4.74 Å². The molecule has 0 aliphatic carbocycles. The molecule has 1 rings (SSSR count). The summed E-state index contributed by atoms with van der Waals surface area (Å²) >= 11 is 1.40. The molecule has 1 atom stereocenters. The van der Waals surface area contributed by atoms with E-state index in [4.69, 9.17) is 10.5 Å². The predicted molar refractivity (Wildman–Crippen MR) is 87.6 cm³/mol. The first-order valence-corrected chi connectivity index (χ1v) is 7.99. The van der Waals surface area contributed by atoms with E-state index >= 15 is 0 Å². The van der Waals surface area contributed by atoms with Gasteiger partial charge in [-0.25, -0.2) is 0 Å². The van der Waals surface area contributed by atoms with Crippen molar-refractivity contribution in [3.05, 3.63) is 21.4 Å². The lowest BCUT2D eigenvalue weighted by atomic mass is 10.1. The molecule has 1 heterocycles. The minimum Gasteiger partial charge on any atom is -0.380 e. The quantitative estimate of drug-likeness (QED) is 0.792. The molecule has 0 bridgehead atoms. The van der Waals surface area contributed by atoms with Crippen molar-refractivity contribution in [2.45, 2.75) is 33.7 Å². The number of hydrogen-bond acceptors (Lipinski definition) is 4. The second kappa shape index (κ2) is 8.83. The van der Waals surface area contributed by atoms with Crippen LogP contribution < -0.4 is 11.1 Å². The molecular weight excluding hydrogens is 284 g/mol. The van der Waals surface area contributed by atoms with Gasteiger partial charge in [0.2, 0.25) is 0 Å². The van der Waals surface area contributed by atoms with Gasteiger partial charge in [-0.05, 0) is 31.4 Å². The summed E-state index contributed by atoms with van der Waals surface area (Å²) in [5, 5.41) is 3.04. The Bertz CT molecular complexity index is 526. The van der Waals surface area contributed by atoms with Crippen molar-refractivity contribution < 1.29 is 9.53 Å². The zero-order valence-corrected chi connectivity index (χ0v) is 14.0. The number of carbonyl (C=O) groups is 1. The summed E-state index contributed by atoms with van der Waals surface area (Å²) in [6.45, 7) is 9.55. The monoisotopic (exact) mass is 308 g/mol. The predicted octanol–water partition coefficient (Wildman–Crippen LogP) is 2.16. The second-order valence-electron chi connectivity index (χ2n) is 5.11. The molecule has 21 heavy (non-hydrogen) atoms. The van der Waals surface area contributed by atoms with Gasteiger partial charge < -0.3 is 15.8 Å². The van der Waals surface area contributed by atoms with E-state index in [-0.39, 0.29) is 11.9 Å². The van der Waals surface area contributed by atoms with E-state index in [1.54, 1.807) is 0 Å². The van der Waals surface area contributed by atoms with Crippen molar-refractivity contribution in [3.63, 3.8) is 0 Å².